The largest absolute Gasteiger partial charge is 0.354 e. The van der Waals surface area contributed by atoms with E-state index in [9.17, 15) is 0 Å². The zero-order valence-corrected chi connectivity index (χ0v) is 17.6. The fraction of sp³-hybridized carbons (Fsp3) is 0.154. The third-order valence-corrected chi connectivity index (χ3v) is 6.10. The molecular weight excluding hydrogens is 396 g/mol. The Kier molecular flexibility index (Phi) is 4.70. The Morgan fingerprint density at radius 1 is 0.875 bits per heavy atom. The van der Waals surface area contributed by atoms with E-state index in [1.54, 1.807) is 12.4 Å². The molecule has 0 atom stereocenters. The monoisotopic (exact) mass is 418 g/mol. The highest BCUT2D eigenvalue weighted by Crippen LogP contribution is 2.32. The molecule has 0 aliphatic carbocycles. The lowest BCUT2D eigenvalue weighted by Crippen LogP contribution is -2.31. The lowest BCUT2D eigenvalue weighted by molar-refractivity contribution is 0.242. The second-order valence-corrected chi connectivity index (χ2v) is 8.14. The van der Waals surface area contributed by atoms with Gasteiger partial charge in [0.25, 0.3) is 0 Å². The number of aromatic amines is 1. The van der Waals surface area contributed by atoms with Crippen LogP contribution in [0.25, 0.3) is 33.5 Å². The van der Waals surface area contributed by atoms with Crippen LogP contribution in [0.1, 0.15) is 16.8 Å². The van der Waals surface area contributed by atoms with Gasteiger partial charge in [-0.2, -0.15) is 0 Å². The van der Waals surface area contributed by atoms with Gasteiger partial charge in [-0.15, -0.1) is 0 Å². The summed E-state index contributed by atoms with van der Waals surface area (Å²) < 4.78 is 0. The molecule has 0 bridgehead atoms. The smallest absolute Gasteiger partial charge is 0.162 e. The zero-order valence-electron chi connectivity index (χ0n) is 17.6. The van der Waals surface area contributed by atoms with Crippen molar-refractivity contribution in [1.82, 2.24) is 29.8 Å². The first kappa shape index (κ1) is 18.8. The minimum absolute atomic E-state index is 0.684. The zero-order chi connectivity index (χ0) is 21.3. The van der Waals surface area contributed by atoms with Crippen LogP contribution < -0.4 is 0 Å². The SMILES string of the molecule is c1ccc(-c2[nH]c3ccccc3c2CN2CCc3cnc(-c4cncnc4)nc3C2)cc1. The van der Waals surface area contributed by atoms with Crippen molar-refractivity contribution < 1.29 is 0 Å². The number of fused-ring (bicyclic) bond motifs is 2. The molecule has 6 rings (SSSR count). The van der Waals surface area contributed by atoms with Crippen LogP contribution in [0.2, 0.25) is 0 Å². The Hall–Kier alpha value is -3.90. The van der Waals surface area contributed by atoms with Crippen LogP contribution in [0.5, 0.6) is 0 Å². The normalized spacial score (nSPS) is 13.9. The van der Waals surface area contributed by atoms with Crippen LogP contribution in [0, 0.1) is 0 Å². The van der Waals surface area contributed by atoms with Gasteiger partial charge in [-0.25, -0.2) is 19.9 Å². The maximum absolute atomic E-state index is 4.87. The van der Waals surface area contributed by atoms with Crippen LogP contribution in [0.3, 0.4) is 0 Å². The molecule has 156 valence electrons. The molecule has 0 fully saturated rings. The third-order valence-electron chi connectivity index (χ3n) is 6.10. The van der Waals surface area contributed by atoms with E-state index in [1.807, 2.05) is 6.20 Å². The highest BCUT2D eigenvalue weighted by Gasteiger charge is 2.22. The van der Waals surface area contributed by atoms with Crippen molar-refractivity contribution in [2.45, 2.75) is 19.5 Å². The molecule has 2 aromatic carbocycles. The summed E-state index contributed by atoms with van der Waals surface area (Å²) >= 11 is 0. The van der Waals surface area contributed by atoms with Gasteiger partial charge in [0, 0.05) is 49.1 Å². The number of para-hydroxylation sites is 1. The van der Waals surface area contributed by atoms with E-state index < -0.39 is 0 Å². The molecule has 1 aliphatic heterocycles. The number of rotatable bonds is 4. The number of benzene rings is 2. The highest BCUT2D eigenvalue weighted by molar-refractivity contribution is 5.90. The van der Waals surface area contributed by atoms with Crippen molar-refractivity contribution in [3.05, 3.63) is 96.3 Å². The maximum Gasteiger partial charge on any atom is 0.162 e. The summed E-state index contributed by atoms with van der Waals surface area (Å²) in [6.45, 7) is 2.64. The minimum Gasteiger partial charge on any atom is -0.354 e. The maximum atomic E-state index is 4.87. The third kappa shape index (κ3) is 3.44. The summed E-state index contributed by atoms with van der Waals surface area (Å²) in [5.74, 6) is 0.684. The Balaban J connectivity index is 1.34. The van der Waals surface area contributed by atoms with Crippen LogP contribution in [-0.2, 0) is 19.5 Å². The van der Waals surface area contributed by atoms with Crippen molar-refractivity contribution in [2.75, 3.05) is 6.54 Å². The average molecular weight is 419 g/mol. The predicted octanol–water partition coefficient (Wildman–Crippen LogP) is 4.64. The second-order valence-electron chi connectivity index (χ2n) is 8.14. The van der Waals surface area contributed by atoms with E-state index in [4.69, 9.17) is 4.98 Å². The fourth-order valence-electron chi connectivity index (χ4n) is 4.48. The molecule has 6 nitrogen and oxygen atoms in total. The van der Waals surface area contributed by atoms with Gasteiger partial charge in [0.05, 0.1) is 17.0 Å². The van der Waals surface area contributed by atoms with E-state index in [0.717, 1.165) is 37.3 Å². The van der Waals surface area contributed by atoms with Gasteiger partial charge in [-0.05, 0) is 29.2 Å². The average Bonchev–Trinajstić information content (AvgIpc) is 3.23. The number of aromatic nitrogens is 5. The summed E-state index contributed by atoms with van der Waals surface area (Å²) in [6.07, 6.45) is 7.95. The van der Waals surface area contributed by atoms with Crippen LogP contribution in [-0.4, -0.2) is 36.4 Å². The van der Waals surface area contributed by atoms with E-state index in [1.165, 1.54) is 39.6 Å². The summed E-state index contributed by atoms with van der Waals surface area (Å²) in [5, 5.41) is 1.28. The standard InChI is InChI=1S/C26H22N6/c1-2-6-18(7-3-1)25-22(21-8-4-5-9-23(21)30-25)15-32-11-10-19-14-29-26(31-24(19)16-32)20-12-27-17-28-13-20/h1-9,12-14,17,30H,10-11,15-16H2. The molecule has 6 heteroatoms. The number of hydrogen-bond donors (Lipinski definition) is 1. The number of nitrogens with one attached hydrogen (secondary N) is 1. The molecule has 1 aliphatic rings. The summed E-state index contributed by atoms with van der Waals surface area (Å²) in [6, 6.07) is 19.1. The summed E-state index contributed by atoms with van der Waals surface area (Å²) in [7, 11) is 0. The second kappa shape index (κ2) is 7.98. The van der Waals surface area contributed by atoms with Crippen LogP contribution in [0.4, 0.5) is 0 Å². The van der Waals surface area contributed by atoms with Gasteiger partial charge < -0.3 is 4.98 Å². The molecule has 4 heterocycles. The Labute approximate surface area is 186 Å². The summed E-state index contributed by atoms with van der Waals surface area (Å²) in [4.78, 5) is 23.7. The Bertz CT molecular complexity index is 1380. The molecule has 0 saturated heterocycles. The Morgan fingerprint density at radius 3 is 2.56 bits per heavy atom. The van der Waals surface area contributed by atoms with Gasteiger partial charge in [-0.1, -0.05) is 48.5 Å². The summed E-state index contributed by atoms with van der Waals surface area (Å²) in [5.41, 5.74) is 8.08. The topological polar surface area (TPSA) is 70.6 Å². The van der Waals surface area contributed by atoms with Gasteiger partial charge in [-0.3, -0.25) is 4.90 Å². The van der Waals surface area contributed by atoms with Gasteiger partial charge >= 0.3 is 0 Å². The fourth-order valence-corrected chi connectivity index (χ4v) is 4.48. The van der Waals surface area contributed by atoms with Gasteiger partial charge in [0.2, 0.25) is 0 Å². The molecule has 32 heavy (non-hydrogen) atoms. The lowest BCUT2D eigenvalue weighted by Gasteiger charge is -2.28. The number of hydrogen-bond acceptors (Lipinski definition) is 5. The molecule has 0 radical (unpaired) electrons. The minimum atomic E-state index is 0.684. The molecule has 5 aromatic rings. The first-order chi connectivity index (χ1) is 15.8. The van der Waals surface area contributed by atoms with Crippen molar-refractivity contribution in [1.29, 1.82) is 0 Å². The van der Waals surface area contributed by atoms with Crippen LogP contribution >= 0.6 is 0 Å². The van der Waals surface area contributed by atoms with E-state index in [-0.39, 0.29) is 0 Å². The molecule has 1 N–H and O–H groups in total. The number of nitrogens with zero attached hydrogens (tertiary/aromatic N) is 5. The van der Waals surface area contributed by atoms with E-state index in [0.29, 0.717) is 5.82 Å². The van der Waals surface area contributed by atoms with E-state index in [2.05, 4.69) is 79.4 Å². The molecule has 0 spiro atoms. The lowest BCUT2D eigenvalue weighted by atomic mass is 10.0. The molecule has 0 saturated carbocycles. The number of H-pyrrole nitrogens is 1. The first-order valence-electron chi connectivity index (χ1n) is 10.8. The molecule has 3 aromatic heterocycles. The van der Waals surface area contributed by atoms with Crippen molar-refractivity contribution in [2.24, 2.45) is 0 Å². The first-order valence-corrected chi connectivity index (χ1v) is 10.8. The van der Waals surface area contributed by atoms with Gasteiger partial charge in [0.15, 0.2) is 5.82 Å². The highest BCUT2D eigenvalue weighted by atomic mass is 15.1. The molecule has 0 amide bonds. The van der Waals surface area contributed by atoms with Gasteiger partial charge in [0.1, 0.15) is 6.33 Å². The van der Waals surface area contributed by atoms with E-state index >= 15 is 0 Å². The predicted molar refractivity (Wildman–Crippen MR) is 125 cm³/mol. The van der Waals surface area contributed by atoms with Crippen LogP contribution in [0.15, 0.2) is 79.5 Å². The van der Waals surface area contributed by atoms with Crippen molar-refractivity contribution in [3.63, 3.8) is 0 Å². The Morgan fingerprint density at radius 2 is 1.69 bits per heavy atom. The van der Waals surface area contributed by atoms with Crippen molar-refractivity contribution >= 4 is 10.9 Å². The van der Waals surface area contributed by atoms with Crippen molar-refractivity contribution in [3.8, 4) is 22.6 Å². The quantitative estimate of drug-likeness (QED) is 0.460. The molecular formula is C26H22N6. The molecule has 0 unspecified atom stereocenters.